The Hall–Kier alpha value is -0.230. The van der Waals surface area contributed by atoms with Crippen LogP contribution in [0.25, 0.3) is 0 Å². The molecule has 0 aromatic carbocycles. The Labute approximate surface area is 62.4 Å². The maximum atomic E-state index is 7.17. The van der Waals surface area contributed by atoms with Gasteiger partial charge in [-0.25, -0.2) is 0 Å². The van der Waals surface area contributed by atoms with Crippen LogP contribution in [0.2, 0.25) is 0 Å². The molecule has 0 rings (SSSR count). The second-order valence-electron chi connectivity index (χ2n) is 0.693. The third-order valence-corrected chi connectivity index (χ3v) is 0. The van der Waals surface area contributed by atoms with E-state index in [0.717, 1.165) is 0 Å². The van der Waals surface area contributed by atoms with Gasteiger partial charge in [0.2, 0.25) is 0 Å². The van der Waals surface area contributed by atoms with Gasteiger partial charge >= 0.3 is 14.6 Å². The lowest BCUT2D eigenvalue weighted by Gasteiger charge is -1.69. The topological polar surface area (TPSA) is 216 Å². The van der Waals surface area contributed by atoms with Crippen LogP contribution in [0.3, 0.4) is 0 Å². The summed E-state index contributed by atoms with van der Waals surface area (Å²) in [7, 11) is -4.33. The molecule has 0 radical (unpaired) electrons. The summed E-state index contributed by atoms with van der Waals surface area (Å²) >= 11 is 0. The van der Waals surface area contributed by atoms with Crippen LogP contribution < -0.4 is 0 Å². The lowest BCUT2D eigenvalue weighted by atomic mass is 10.3. The first-order chi connectivity index (χ1) is 3.46. The van der Waals surface area contributed by atoms with Crippen LogP contribution in [-0.4, -0.2) is 61.2 Å². The molecule has 0 saturated carbocycles. The first-order valence-corrected chi connectivity index (χ1v) is 1.55. The van der Waals surface area contributed by atoms with Crippen molar-refractivity contribution in [2.75, 3.05) is 0 Å². The van der Waals surface area contributed by atoms with Crippen molar-refractivity contribution < 1.29 is 46.6 Å². The van der Waals surface area contributed by atoms with Crippen LogP contribution in [0, 0.1) is 0 Å². The molecule has 0 saturated heterocycles. The Morgan fingerprint density at radius 2 is 0.455 bits per heavy atom. The van der Waals surface area contributed by atoms with Crippen molar-refractivity contribution >= 4 is 14.6 Å². The van der Waals surface area contributed by atoms with Crippen molar-refractivity contribution in [2.45, 2.75) is 0 Å². The molecule has 9 nitrogen and oxygen atoms in total. The zero-order chi connectivity index (χ0) is 7.15. The highest BCUT2D eigenvalue weighted by Crippen LogP contribution is 1.40. The van der Waals surface area contributed by atoms with Gasteiger partial charge in [0.15, 0.2) is 0 Å². The van der Waals surface area contributed by atoms with Gasteiger partial charge in [0.25, 0.3) is 0 Å². The summed E-state index contributed by atoms with van der Waals surface area (Å²) in [5.41, 5.74) is 0. The average Bonchev–Trinajstić information content (AvgIpc) is 1.25. The highest BCUT2D eigenvalue weighted by Gasteiger charge is 1.93. The summed E-state index contributed by atoms with van der Waals surface area (Å²) < 4.78 is 0. The van der Waals surface area contributed by atoms with E-state index in [1.54, 1.807) is 0 Å². The van der Waals surface area contributed by atoms with Gasteiger partial charge < -0.3 is 46.6 Å². The minimum absolute atomic E-state index is 0. The maximum Gasteiger partial charge on any atom is 0.631 e. The van der Waals surface area contributed by atoms with E-state index in [1.807, 2.05) is 0 Å². The molecule has 0 heterocycles. The SMILES string of the molecule is O.O.O.OB(O)O.OB(O)O. The summed E-state index contributed by atoms with van der Waals surface area (Å²) in [6, 6.07) is 0. The smallest absolute Gasteiger partial charge is 0.412 e. The summed E-state index contributed by atoms with van der Waals surface area (Å²) in [6.07, 6.45) is 0. The van der Waals surface area contributed by atoms with E-state index in [4.69, 9.17) is 30.1 Å². The first kappa shape index (κ1) is 30.9. The Kier molecular flexibility index (Phi) is 63.4. The summed E-state index contributed by atoms with van der Waals surface area (Å²) in [5, 5.41) is 43.0. The normalized spacial score (nSPS) is 4.91. The summed E-state index contributed by atoms with van der Waals surface area (Å²) in [4.78, 5) is 0. The molecule has 11 heteroatoms. The molecule has 72 valence electrons. The van der Waals surface area contributed by atoms with Crippen LogP contribution in [0.1, 0.15) is 0 Å². The maximum absolute atomic E-state index is 7.17. The monoisotopic (exact) mass is 178 g/mol. The van der Waals surface area contributed by atoms with E-state index in [1.165, 1.54) is 0 Å². The fourth-order valence-corrected chi connectivity index (χ4v) is 0. The Morgan fingerprint density at radius 3 is 0.455 bits per heavy atom. The fourth-order valence-electron chi connectivity index (χ4n) is 0. The van der Waals surface area contributed by atoms with Crippen LogP contribution in [-0.2, 0) is 0 Å². The highest BCUT2D eigenvalue weighted by molar-refractivity contribution is 6.30. The third kappa shape index (κ3) is 11100. The molecule has 0 spiro atoms. The fraction of sp³-hybridized carbons (Fsp3) is 0. The quantitative estimate of drug-likeness (QED) is 0.198. The van der Waals surface area contributed by atoms with E-state index in [2.05, 4.69) is 0 Å². The molecule has 0 amide bonds. The standard InChI is InChI=1S/2BH3O3.3H2O/c2*2-1(3)4;;;/h2*2-4H;3*1H2. The Morgan fingerprint density at radius 1 is 0.455 bits per heavy atom. The van der Waals surface area contributed by atoms with Crippen molar-refractivity contribution in [3.05, 3.63) is 0 Å². The van der Waals surface area contributed by atoms with Crippen LogP contribution >= 0.6 is 0 Å². The summed E-state index contributed by atoms with van der Waals surface area (Å²) in [6.45, 7) is 0. The molecule has 0 aliphatic rings. The molecule has 0 bridgehead atoms. The molecule has 0 aromatic rings. The van der Waals surface area contributed by atoms with Gasteiger partial charge in [0.05, 0.1) is 0 Å². The molecule has 0 unspecified atom stereocenters. The predicted molar refractivity (Wildman–Crippen MR) is 35.7 cm³/mol. The van der Waals surface area contributed by atoms with Gasteiger partial charge in [-0.15, -0.1) is 0 Å². The van der Waals surface area contributed by atoms with Crippen LogP contribution in [0.4, 0.5) is 0 Å². The van der Waals surface area contributed by atoms with E-state index in [0.29, 0.717) is 0 Å². The zero-order valence-corrected chi connectivity index (χ0v) is 5.34. The lowest BCUT2D eigenvalue weighted by molar-refractivity contribution is 0.276. The highest BCUT2D eigenvalue weighted by atomic mass is 16.5. The average molecular weight is 178 g/mol. The van der Waals surface area contributed by atoms with Crippen molar-refractivity contribution in [3.8, 4) is 0 Å². The second kappa shape index (κ2) is 22.6. The van der Waals surface area contributed by atoms with Gasteiger partial charge in [-0.05, 0) is 0 Å². The second-order valence-corrected chi connectivity index (χ2v) is 0.693. The molecule has 0 aliphatic carbocycles. The molecular weight excluding hydrogens is 166 g/mol. The van der Waals surface area contributed by atoms with Gasteiger partial charge in [0.1, 0.15) is 0 Å². The zero-order valence-electron chi connectivity index (χ0n) is 5.34. The largest absolute Gasteiger partial charge is 0.631 e. The Bertz CT molecular complexity index is 23.0. The molecule has 11 heavy (non-hydrogen) atoms. The van der Waals surface area contributed by atoms with Crippen molar-refractivity contribution in [3.63, 3.8) is 0 Å². The number of hydrogen-bond donors (Lipinski definition) is 6. The Balaban J connectivity index is -0.0000000171. The minimum Gasteiger partial charge on any atom is -0.412 e. The van der Waals surface area contributed by atoms with Gasteiger partial charge in [-0.2, -0.15) is 0 Å². The van der Waals surface area contributed by atoms with E-state index < -0.39 is 14.6 Å². The molecular formula is H12B2O9. The predicted octanol–water partition coefficient (Wildman–Crippen LogP) is -6.58. The van der Waals surface area contributed by atoms with Crippen molar-refractivity contribution in [2.24, 2.45) is 0 Å². The van der Waals surface area contributed by atoms with Crippen LogP contribution in [0.15, 0.2) is 0 Å². The lowest BCUT2D eigenvalue weighted by Crippen LogP contribution is -2.07. The van der Waals surface area contributed by atoms with Crippen LogP contribution in [0.5, 0.6) is 0 Å². The van der Waals surface area contributed by atoms with Crippen molar-refractivity contribution in [1.29, 1.82) is 0 Å². The van der Waals surface area contributed by atoms with E-state index in [-0.39, 0.29) is 16.4 Å². The van der Waals surface area contributed by atoms with E-state index >= 15 is 0 Å². The third-order valence-electron chi connectivity index (χ3n) is 0. The first-order valence-electron chi connectivity index (χ1n) is 1.55. The number of rotatable bonds is 0. The molecule has 0 atom stereocenters. The molecule has 0 aromatic heterocycles. The molecule has 0 fully saturated rings. The number of hydrogen-bond acceptors (Lipinski definition) is 6. The van der Waals surface area contributed by atoms with E-state index in [9.17, 15) is 0 Å². The van der Waals surface area contributed by atoms with Gasteiger partial charge in [-0.3, -0.25) is 0 Å². The summed E-state index contributed by atoms with van der Waals surface area (Å²) in [5.74, 6) is 0. The van der Waals surface area contributed by atoms with Crippen molar-refractivity contribution in [1.82, 2.24) is 0 Å². The van der Waals surface area contributed by atoms with Gasteiger partial charge in [0, 0.05) is 0 Å². The molecule has 12 N–H and O–H groups in total. The minimum atomic E-state index is -2.17. The molecule has 0 aliphatic heterocycles. The van der Waals surface area contributed by atoms with Gasteiger partial charge in [-0.1, -0.05) is 0 Å².